The van der Waals surface area contributed by atoms with E-state index in [4.69, 9.17) is 25.7 Å². The Kier molecular flexibility index (Phi) is 9.06. The third kappa shape index (κ3) is 7.45. The fraction of sp³-hybridized carbons (Fsp3) is 0.222. The Labute approximate surface area is 214 Å². The fourth-order valence-electron chi connectivity index (χ4n) is 3.54. The highest BCUT2D eigenvalue weighted by atomic mass is 16.5. The number of hydrogen-bond donors (Lipinski definition) is 6. The number of amides is 1. The van der Waals surface area contributed by atoms with Crippen molar-refractivity contribution in [3.63, 3.8) is 0 Å². The average Bonchev–Trinajstić information content (AvgIpc) is 2.86. The lowest BCUT2D eigenvalue weighted by molar-refractivity contribution is -0.139. The Bertz CT molecular complexity index is 1270. The van der Waals surface area contributed by atoms with Crippen molar-refractivity contribution in [2.75, 3.05) is 17.2 Å². The summed E-state index contributed by atoms with van der Waals surface area (Å²) in [5.41, 5.74) is 8.60. The largest absolute Gasteiger partial charge is 0.487 e. The Balaban J connectivity index is 1.86. The van der Waals surface area contributed by atoms with Crippen molar-refractivity contribution in [2.24, 2.45) is 5.73 Å². The standard InChI is InChI=1S/C27H30N4O6/c1-16(2)37-23-12-17(14-32)11-19(25(23)36-15-24(33)34)13-30-22-6-4-3-5-21(22)27(35)31-20-9-7-18(8-10-20)26(28)29/h3-12,16,30,32H,13-15H2,1-2H3,(H3,28,29)(H,31,35)(H,33,34). The third-order valence-corrected chi connectivity index (χ3v) is 5.17. The van der Waals surface area contributed by atoms with Crippen LogP contribution in [0.4, 0.5) is 11.4 Å². The number of rotatable bonds is 12. The number of aliphatic carboxylic acids is 1. The molecular formula is C27H30N4O6. The van der Waals surface area contributed by atoms with Gasteiger partial charge in [0.05, 0.1) is 18.3 Å². The molecular weight excluding hydrogens is 476 g/mol. The van der Waals surface area contributed by atoms with Gasteiger partial charge in [-0.1, -0.05) is 12.1 Å². The number of ether oxygens (including phenoxy) is 2. The molecule has 0 unspecified atom stereocenters. The van der Waals surface area contributed by atoms with Crippen LogP contribution in [-0.4, -0.2) is 40.6 Å². The molecule has 0 aliphatic rings. The highest BCUT2D eigenvalue weighted by molar-refractivity contribution is 6.08. The average molecular weight is 507 g/mol. The van der Waals surface area contributed by atoms with Gasteiger partial charge in [-0.2, -0.15) is 0 Å². The number of carbonyl (C=O) groups is 2. The molecule has 0 aliphatic heterocycles. The van der Waals surface area contributed by atoms with Crippen molar-refractivity contribution in [3.05, 3.63) is 82.9 Å². The Hall–Kier alpha value is -4.57. The van der Waals surface area contributed by atoms with Gasteiger partial charge in [0, 0.05) is 29.0 Å². The Morgan fingerprint density at radius 3 is 2.41 bits per heavy atom. The van der Waals surface area contributed by atoms with Crippen molar-refractivity contribution >= 4 is 29.1 Å². The second-order valence-electron chi connectivity index (χ2n) is 8.43. The molecule has 3 aromatic carbocycles. The zero-order valence-electron chi connectivity index (χ0n) is 20.6. The zero-order chi connectivity index (χ0) is 26.9. The number of carboxylic acid groups (broad SMARTS) is 1. The highest BCUT2D eigenvalue weighted by Gasteiger charge is 2.18. The summed E-state index contributed by atoms with van der Waals surface area (Å²) < 4.78 is 11.4. The maximum Gasteiger partial charge on any atom is 0.341 e. The molecule has 0 saturated heterocycles. The van der Waals surface area contributed by atoms with Gasteiger partial charge in [-0.05, 0) is 67.9 Å². The number of nitrogen functional groups attached to an aromatic ring is 1. The molecule has 7 N–H and O–H groups in total. The van der Waals surface area contributed by atoms with E-state index in [-0.39, 0.29) is 36.7 Å². The minimum absolute atomic E-state index is 0.0636. The van der Waals surface area contributed by atoms with E-state index in [1.54, 1.807) is 60.7 Å². The predicted octanol–water partition coefficient (Wildman–Crippen LogP) is 3.58. The summed E-state index contributed by atoms with van der Waals surface area (Å²) >= 11 is 0. The van der Waals surface area contributed by atoms with Gasteiger partial charge in [-0.15, -0.1) is 0 Å². The number of hydrogen-bond acceptors (Lipinski definition) is 7. The van der Waals surface area contributed by atoms with Crippen molar-refractivity contribution in [3.8, 4) is 11.5 Å². The maximum absolute atomic E-state index is 13.0. The van der Waals surface area contributed by atoms with Crippen LogP contribution in [0.15, 0.2) is 60.7 Å². The molecule has 1 amide bonds. The molecule has 3 rings (SSSR count). The monoisotopic (exact) mass is 506 g/mol. The van der Waals surface area contributed by atoms with E-state index >= 15 is 0 Å². The molecule has 0 aromatic heterocycles. The number of amidine groups is 1. The summed E-state index contributed by atoms with van der Waals surface area (Å²) in [5, 5.41) is 32.4. The predicted molar refractivity (Wildman–Crippen MR) is 140 cm³/mol. The van der Waals surface area contributed by atoms with Crippen LogP contribution in [0, 0.1) is 5.41 Å². The second kappa shape index (κ2) is 12.4. The Morgan fingerprint density at radius 2 is 1.78 bits per heavy atom. The minimum atomic E-state index is -1.14. The number of nitrogens with one attached hydrogen (secondary N) is 3. The molecule has 194 valence electrons. The van der Waals surface area contributed by atoms with E-state index < -0.39 is 12.6 Å². The summed E-state index contributed by atoms with van der Waals surface area (Å²) in [6.07, 6.45) is -0.212. The molecule has 0 atom stereocenters. The summed E-state index contributed by atoms with van der Waals surface area (Å²) in [6.45, 7) is 3.00. The lowest BCUT2D eigenvalue weighted by Crippen LogP contribution is -2.17. The molecule has 10 nitrogen and oxygen atoms in total. The highest BCUT2D eigenvalue weighted by Crippen LogP contribution is 2.35. The number of aliphatic hydroxyl groups is 1. The molecule has 0 aliphatic carbocycles. The summed E-state index contributed by atoms with van der Waals surface area (Å²) in [7, 11) is 0. The second-order valence-corrected chi connectivity index (χ2v) is 8.43. The van der Waals surface area contributed by atoms with Crippen LogP contribution in [0.3, 0.4) is 0 Å². The van der Waals surface area contributed by atoms with E-state index in [0.29, 0.717) is 39.4 Å². The van der Waals surface area contributed by atoms with Crippen LogP contribution in [0.25, 0.3) is 0 Å². The molecule has 0 bridgehead atoms. The van der Waals surface area contributed by atoms with Crippen LogP contribution in [-0.2, 0) is 17.9 Å². The summed E-state index contributed by atoms with van der Waals surface area (Å²) in [6, 6.07) is 16.8. The normalized spacial score (nSPS) is 10.6. The van der Waals surface area contributed by atoms with E-state index in [1.165, 1.54) is 0 Å². The van der Waals surface area contributed by atoms with E-state index in [0.717, 1.165) is 0 Å². The first-order chi connectivity index (χ1) is 17.7. The van der Waals surface area contributed by atoms with Gasteiger partial charge < -0.3 is 36.1 Å². The number of para-hydroxylation sites is 1. The van der Waals surface area contributed by atoms with Gasteiger partial charge in [-0.25, -0.2) is 4.79 Å². The van der Waals surface area contributed by atoms with Crippen LogP contribution in [0.1, 0.15) is 40.9 Å². The smallest absolute Gasteiger partial charge is 0.341 e. The first-order valence-electron chi connectivity index (χ1n) is 11.5. The molecule has 0 fully saturated rings. The van der Waals surface area contributed by atoms with E-state index in [9.17, 15) is 14.7 Å². The van der Waals surface area contributed by atoms with Gasteiger partial charge in [0.1, 0.15) is 5.84 Å². The summed E-state index contributed by atoms with van der Waals surface area (Å²) in [5.74, 6) is -0.993. The first kappa shape index (κ1) is 27.0. The summed E-state index contributed by atoms with van der Waals surface area (Å²) in [4.78, 5) is 24.2. The molecule has 0 heterocycles. The number of carboxylic acids is 1. The molecule has 0 radical (unpaired) electrons. The minimum Gasteiger partial charge on any atom is -0.487 e. The van der Waals surface area contributed by atoms with E-state index in [2.05, 4.69) is 10.6 Å². The van der Waals surface area contributed by atoms with Crippen molar-refractivity contribution in [2.45, 2.75) is 33.1 Å². The van der Waals surface area contributed by atoms with Crippen LogP contribution >= 0.6 is 0 Å². The lowest BCUT2D eigenvalue weighted by atomic mass is 10.1. The number of benzene rings is 3. The SMILES string of the molecule is CC(C)Oc1cc(CO)cc(CNc2ccccc2C(=O)Nc2ccc(C(=N)N)cc2)c1OCC(=O)O. The fourth-order valence-corrected chi connectivity index (χ4v) is 3.54. The zero-order valence-corrected chi connectivity index (χ0v) is 20.6. The number of carbonyl (C=O) groups excluding carboxylic acids is 1. The first-order valence-corrected chi connectivity index (χ1v) is 11.5. The van der Waals surface area contributed by atoms with Gasteiger partial charge in [0.25, 0.3) is 5.91 Å². The quantitative estimate of drug-likeness (QED) is 0.160. The van der Waals surface area contributed by atoms with Crippen LogP contribution in [0.5, 0.6) is 11.5 Å². The lowest BCUT2D eigenvalue weighted by Gasteiger charge is -2.20. The topological polar surface area (TPSA) is 167 Å². The molecule has 0 saturated carbocycles. The maximum atomic E-state index is 13.0. The number of anilines is 2. The number of aliphatic hydroxyl groups excluding tert-OH is 1. The number of nitrogens with two attached hydrogens (primary N) is 1. The van der Waals surface area contributed by atoms with Crippen molar-refractivity contribution in [1.82, 2.24) is 0 Å². The van der Waals surface area contributed by atoms with Crippen molar-refractivity contribution < 1.29 is 29.3 Å². The molecule has 10 heteroatoms. The van der Waals surface area contributed by atoms with Gasteiger partial charge >= 0.3 is 5.97 Å². The molecule has 37 heavy (non-hydrogen) atoms. The molecule has 0 spiro atoms. The van der Waals surface area contributed by atoms with Gasteiger partial charge in [0.2, 0.25) is 0 Å². The van der Waals surface area contributed by atoms with Gasteiger partial charge in [-0.3, -0.25) is 10.2 Å². The van der Waals surface area contributed by atoms with E-state index in [1.807, 2.05) is 13.8 Å². The molecule has 3 aromatic rings. The van der Waals surface area contributed by atoms with Crippen LogP contribution in [0.2, 0.25) is 0 Å². The Morgan fingerprint density at radius 1 is 1.08 bits per heavy atom. The van der Waals surface area contributed by atoms with Crippen molar-refractivity contribution in [1.29, 1.82) is 5.41 Å². The third-order valence-electron chi connectivity index (χ3n) is 5.17. The van der Waals surface area contributed by atoms with Crippen LogP contribution < -0.4 is 25.8 Å². The van der Waals surface area contributed by atoms with Gasteiger partial charge in [0.15, 0.2) is 18.1 Å².